The summed E-state index contributed by atoms with van der Waals surface area (Å²) in [6.45, 7) is 2.03. The number of aryl methyl sites for hydroxylation is 1. The number of hydrogen-bond donors (Lipinski definition) is 1. The minimum Gasteiger partial charge on any atom is -0.349 e. The van der Waals surface area contributed by atoms with Gasteiger partial charge >= 0.3 is 0 Å². The summed E-state index contributed by atoms with van der Waals surface area (Å²) in [6.07, 6.45) is 11.3. The summed E-state index contributed by atoms with van der Waals surface area (Å²) < 4.78 is 1.97. The second kappa shape index (κ2) is 6.67. The zero-order valence-electron chi connectivity index (χ0n) is 14.4. The molecular formula is C20H22N4O. The average Bonchev–Trinajstić information content (AvgIpc) is 3.08. The molecule has 1 aliphatic carbocycles. The van der Waals surface area contributed by atoms with Crippen LogP contribution in [0.4, 0.5) is 0 Å². The van der Waals surface area contributed by atoms with Gasteiger partial charge in [0, 0.05) is 35.9 Å². The first-order valence-corrected chi connectivity index (χ1v) is 8.92. The van der Waals surface area contributed by atoms with Gasteiger partial charge in [-0.05, 0) is 44.0 Å². The molecule has 0 atom stereocenters. The molecule has 1 amide bonds. The van der Waals surface area contributed by atoms with E-state index < -0.39 is 0 Å². The van der Waals surface area contributed by atoms with Crippen molar-refractivity contribution in [3.8, 4) is 11.3 Å². The molecule has 3 heterocycles. The quantitative estimate of drug-likeness (QED) is 0.793. The predicted molar refractivity (Wildman–Crippen MR) is 97.5 cm³/mol. The summed E-state index contributed by atoms with van der Waals surface area (Å²) in [4.78, 5) is 21.7. The highest BCUT2D eigenvalue weighted by molar-refractivity contribution is 6.00. The van der Waals surface area contributed by atoms with E-state index in [0.717, 1.165) is 29.8 Å². The molecule has 1 N–H and O–H groups in total. The molecule has 0 spiro atoms. The number of aromatic nitrogens is 3. The Bertz CT molecular complexity index is 895. The first-order valence-electron chi connectivity index (χ1n) is 8.92. The second-order valence-corrected chi connectivity index (χ2v) is 6.76. The van der Waals surface area contributed by atoms with Crippen LogP contribution in [0.3, 0.4) is 0 Å². The van der Waals surface area contributed by atoms with E-state index in [9.17, 15) is 4.79 Å². The topological polar surface area (TPSA) is 59.3 Å². The molecule has 5 heteroatoms. The van der Waals surface area contributed by atoms with Crippen LogP contribution in [-0.4, -0.2) is 26.3 Å². The van der Waals surface area contributed by atoms with Gasteiger partial charge in [0.25, 0.3) is 5.91 Å². The second-order valence-electron chi connectivity index (χ2n) is 6.76. The van der Waals surface area contributed by atoms with Gasteiger partial charge in [0.15, 0.2) is 0 Å². The largest absolute Gasteiger partial charge is 0.349 e. The summed E-state index contributed by atoms with van der Waals surface area (Å²) in [5.74, 6) is -0.0235. The fourth-order valence-corrected chi connectivity index (χ4v) is 3.59. The number of rotatable bonds is 3. The third kappa shape index (κ3) is 3.14. The molecule has 1 saturated carbocycles. The fourth-order valence-electron chi connectivity index (χ4n) is 3.59. The summed E-state index contributed by atoms with van der Waals surface area (Å²) in [5.41, 5.74) is 4.17. The average molecular weight is 334 g/mol. The molecule has 4 rings (SSSR count). The zero-order valence-corrected chi connectivity index (χ0v) is 14.4. The van der Waals surface area contributed by atoms with E-state index in [0.29, 0.717) is 17.3 Å². The van der Waals surface area contributed by atoms with E-state index in [1.165, 1.54) is 19.3 Å². The van der Waals surface area contributed by atoms with Gasteiger partial charge < -0.3 is 9.72 Å². The van der Waals surface area contributed by atoms with Crippen molar-refractivity contribution < 1.29 is 4.79 Å². The minimum absolute atomic E-state index is 0.0235. The number of nitrogens with one attached hydrogen (secondary N) is 1. The van der Waals surface area contributed by atoms with Gasteiger partial charge in [0.05, 0.1) is 11.3 Å². The predicted octanol–water partition coefficient (Wildman–Crippen LogP) is 3.77. The third-order valence-corrected chi connectivity index (χ3v) is 4.95. The number of carbonyl (C=O) groups is 1. The van der Waals surface area contributed by atoms with Crippen LogP contribution < -0.4 is 5.32 Å². The lowest BCUT2D eigenvalue weighted by Crippen LogP contribution is -2.36. The molecule has 0 radical (unpaired) electrons. The Morgan fingerprint density at radius 3 is 2.84 bits per heavy atom. The Hall–Kier alpha value is -2.69. The summed E-state index contributed by atoms with van der Waals surface area (Å²) in [6, 6.07) is 8.05. The van der Waals surface area contributed by atoms with Crippen molar-refractivity contribution in [1.29, 1.82) is 0 Å². The molecule has 0 bridgehead atoms. The van der Waals surface area contributed by atoms with E-state index in [1.807, 2.05) is 41.8 Å². The number of fused-ring (bicyclic) bond motifs is 1. The highest BCUT2D eigenvalue weighted by Crippen LogP contribution is 2.22. The number of carbonyl (C=O) groups excluding carboxylic acids is 1. The molecular weight excluding hydrogens is 312 g/mol. The lowest BCUT2D eigenvalue weighted by atomic mass is 9.95. The molecule has 0 aliphatic heterocycles. The highest BCUT2D eigenvalue weighted by atomic mass is 16.1. The van der Waals surface area contributed by atoms with E-state index in [1.54, 1.807) is 12.4 Å². The number of pyridine rings is 1. The maximum atomic E-state index is 12.8. The smallest absolute Gasteiger partial charge is 0.255 e. The van der Waals surface area contributed by atoms with Crippen molar-refractivity contribution in [2.75, 3.05) is 0 Å². The van der Waals surface area contributed by atoms with Gasteiger partial charge in [-0.15, -0.1) is 0 Å². The molecule has 25 heavy (non-hydrogen) atoms. The SMILES string of the molecule is Cc1cc(-c2cccnc2)nc2c(C(=O)NC3CCCCC3)ccn12. The van der Waals surface area contributed by atoms with E-state index in [4.69, 9.17) is 4.98 Å². The van der Waals surface area contributed by atoms with Crippen molar-refractivity contribution in [3.63, 3.8) is 0 Å². The van der Waals surface area contributed by atoms with Crippen LogP contribution in [0.5, 0.6) is 0 Å². The van der Waals surface area contributed by atoms with Crippen molar-refractivity contribution in [3.05, 3.63) is 54.1 Å². The van der Waals surface area contributed by atoms with Gasteiger partial charge in [0.1, 0.15) is 5.65 Å². The van der Waals surface area contributed by atoms with Crippen LogP contribution in [0, 0.1) is 6.92 Å². The van der Waals surface area contributed by atoms with Crippen LogP contribution in [0.25, 0.3) is 16.9 Å². The van der Waals surface area contributed by atoms with Crippen LogP contribution in [0.15, 0.2) is 42.9 Å². The molecule has 3 aromatic rings. The lowest BCUT2D eigenvalue weighted by molar-refractivity contribution is 0.0929. The molecule has 1 fully saturated rings. The van der Waals surface area contributed by atoms with Crippen LogP contribution in [-0.2, 0) is 0 Å². The normalized spacial score (nSPS) is 15.4. The molecule has 0 unspecified atom stereocenters. The van der Waals surface area contributed by atoms with Gasteiger partial charge in [-0.3, -0.25) is 9.78 Å². The van der Waals surface area contributed by atoms with Crippen LogP contribution in [0.1, 0.15) is 48.2 Å². The molecule has 0 aromatic carbocycles. The molecule has 0 saturated heterocycles. The van der Waals surface area contributed by atoms with Crippen LogP contribution >= 0.6 is 0 Å². The standard InChI is InChI=1S/C20H22N4O/c1-14-12-18(15-6-5-10-21-13-15)23-19-17(9-11-24(14)19)20(25)22-16-7-3-2-4-8-16/h5-6,9-13,16H,2-4,7-8H2,1H3,(H,22,25). The van der Waals surface area contributed by atoms with Crippen molar-refractivity contribution in [1.82, 2.24) is 19.7 Å². The lowest BCUT2D eigenvalue weighted by Gasteiger charge is -2.22. The Balaban J connectivity index is 1.69. The third-order valence-electron chi connectivity index (χ3n) is 4.95. The van der Waals surface area contributed by atoms with Crippen molar-refractivity contribution >= 4 is 11.6 Å². The summed E-state index contributed by atoms with van der Waals surface area (Å²) in [5, 5.41) is 3.19. The van der Waals surface area contributed by atoms with E-state index in [-0.39, 0.29) is 5.91 Å². The van der Waals surface area contributed by atoms with Crippen molar-refractivity contribution in [2.24, 2.45) is 0 Å². The minimum atomic E-state index is -0.0235. The van der Waals surface area contributed by atoms with Gasteiger partial charge in [-0.1, -0.05) is 19.3 Å². The molecule has 1 aliphatic rings. The summed E-state index contributed by atoms with van der Waals surface area (Å²) >= 11 is 0. The monoisotopic (exact) mass is 334 g/mol. The highest BCUT2D eigenvalue weighted by Gasteiger charge is 2.20. The maximum Gasteiger partial charge on any atom is 0.255 e. The Morgan fingerprint density at radius 1 is 1.24 bits per heavy atom. The van der Waals surface area contributed by atoms with E-state index >= 15 is 0 Å². The number of nitrogens with zero attached hydrogens (tertiary/aromatic N) is 3. The van der Waals surface area contributed by atoms with E-state index in [2.05, 4.69) is 10.3 Å². The Kier molecular flexibility index (Phi) is 4.22. The van der Waals surface area contributed by atoms with Gasteiger partial charge in [-0.25, -0.2) is 4.98 Å². The number of hydrogen-bond acceptors (Lipinski definition) is 3. The Morgan fingerprint density at radius 2 is 2.08 bits per heavy atom. The molecule has 128 valence electrons. The number of amides is 1. The first-order chi connectivity index (χ1) is 12.2. The molecule has 3 aromatic heterocycles. The van der Waals surface area contributed by atoms with Gasteiger partial charge in [0.2, 0.25) is 0 Å². The molecule has 5 nitrogen and oxygen atoms in total. The van der Waals surface area contributed by atoms with Crippen molar-refractivity contribution in [2.45, 2.75) is 45.1 Å². The van der Waals surface area contributed by atoms with Crippen LogP contribution in [0.2, 0.25) is 0 Å². The zero-order chi connectivity index (χ0) is 17.2. The Labute approximate surface area is 147 Å². The van der Waals surface area contributed by atoms with Gasteiger partial charge in [-0.2, -0.15) is 0 Å². The summed E-state index contributed by atoms with van der Waals surface area (Å²) in [7, 11) is 0. The maximum absolute atomic E-state index is 12.8. The first kappa shape index (κ1) is 15.8. The fraction of sp³-hybridized carbons (Fsp3) is 0.350.